The first kappa shape index (κ1) is 21.9. The minimum atomic E-state index is -3.29. The number of sulfonamides is 1. The summed E-state index contributed by atoms with van der Waals surface area (Å²) in [6, 6.07) is 16.2. The number of hydrogen-bond acceptors (Lipinski definition) is 5. The van der Waals surface area contributed by atoms with E-state index in [2.05, 4.69) is 35.3 Å². The van der Waals surface area contributed by atoms with Crippen molar-refractivity contribution in [1.82, 2.24) is 19.5 Å². The Hall–Kier alpha value is -2.97. The van der Waals surface area contributed by atoms with Crippen LogP contribution in [-0.4, -0.2) is 65.6 Å². The zero-order chi connectivity index (χ0) is 22.8. The number of piperidine rings is 1. The summed E-state index contributed by atoms with van der Waals surface area (Å²) in [6.07, 6.45) is 7.02. The fourth-order valence-corrected chi connectivity index (χ4v) is 6.17. The summed E-state index contributed by atoms with van der Waals surface area (Å²) in [5.74, 6) is 0.665. The van der Waals surface area contributed by atoms with E-state index in [0.717, 1.165) is 40.8 Å². The maximum absolute atomic E-state index is 13.0. The second-order valence-corrected chi connectivity index (χ2v) is 11.0. The van der Waals surface area contributed by atoms with Crippen molar-refractivity contribution in [2.75, 3.05) is 25.4 Å². The monoisotopic (exact) mass is 463 g/mol. The van der Waals surface area contributed by atoms with Crippen LogP contribution >= 0.6 is 0 Å². The first-order valence-electron chi connectivity index (χ1n) is 11.4. The molecule has 3 aromatic rings. The summed E-state index contributed by atoms with van der Waals surface area (Å²) < 4.78 is 27.6. The summed E-state index contributed by atoms with van der Waals surface area (Å²) in [4.78, 5) is 0. The topological polar surface area (TPSA) is 81.7 Å². The summed E-state index contributed by atoms with van der Waals surface area (Å²) >= 11 is 0. The summed E-state index contributed by atoms with van der Waals surface area (Å²) in [6.45, 7) is 4.09. The van der Waals surface area contributed by atoms with E-state index in [9.17, 15) is 8.42 Å². The average molecular weight is 464 g/mol. The van der Waals surface area contributed by atoms with E-state index in [-0.39, 0.29) is 11.8 Å². The van der Waals surface area contributed by atoms with Crippen molar-refractivity contribution in [1.29, 1.82) is 0 Å². The number of rotatable bonds is 7. The fourth-order valence-electron chi connectivity index (χ4n) is 4.65. The third kappa shape index (κ3) is 4.72. The Balaban J connectivity index is 1.24. The third-order valence-corrected chi connectivity index (χ3v) is 8.67. The molecule has 172 valence electrons. The second kappa shape index (κ2) is 9.11. The lowest BCUT2D eigenvalue weighted by atomic mass is 9.85. The smallest absolute Gasteiger partial charge is 0.214 e. The molecule has 5 rings (SSSR count). The summed E-state index contributed by atoms with van der Waals surface area (Å²) in [5.41, 5.74) is 5.39. The van der Waals surface area contributed by atoms with E-state index >= 15 is 0 Å². The minimum Gasteiger partial charge on any atom is -0.292 e. The van der Waals surface area contributed by atoms with Crippen molar-refractivity contribution >= 4 is 16.2 Å². The Kier molecular flexibility index (Phi) is 6.03. The zero-order valence-electron chi connectivity index (χ0n) is 18.8. The molecule has 3 heterocycles. The van der Waals surface area contributed by atoms with Gasteiger partial charge in [-0.15, -0.1) is 0 Å². The van der Waals surface area contributed by atoms with Crippen LogP contribution in [0.4, 0.5) is 0 Å². The van der Waals surface area contributed by atoms with Gasteiger partial charge in [0.15, 0.2) is 0 Å². The lowest BCUT2D eigenvalue weighted by molar-refractivity contribution is -0.0222. The molecule has 2 saturated heterocycles. The van der Waals surface area contributed by atoms with Crippen LogP contribution in [0.15, 0.2) is 66.0 Å². The van der Waals surface area contributed by atoms with Crippen LogP contribution in [0.25, 0.3) is 11.1 Å². The van der Waals surface area contributed by atoms with Gasteiger partial charge < -0.3 is 0 Å². The normalized spacial score (nSPS) is 21.2. The molecule has 2 unspecified atom stereocenters. The van der Waals surface area contributed by atoms with Crippen molar-refractivity contribution in [2.24, 2.45) is 11.0 Å². The molecular weight excluding hydrogens is 434 g/mol. The quantitative estimate of drug-likeness (QED) is 0.545. The predicted molar refractivity (Wildman–Crippen MR) is 130 cm³/mol. The predicted octanol–water partition coefficient (Wildman–Crippen LogP) is 3.30. The fraction of sp³-hybridized carbons (Fsp3) is 0.360. The molecule has 1 aromatic heterocycles. The standard InChI is InChI=1S/C25H29N5O2S/c1-19-7-8-21(24-14-26-27-15-24)13-23(19)16-28-30-17-22-9-11-29(18-25(22)30)33(31,32)12-10-20-5-3-2-4-6-20/h2-8,13-16,22,25H,9-12,17-18H2,1H3,(H,26,27)/b28-16-. The van der Waals surface area contributed by atoms with Crippen LogP contribution in [0, 0.1) is 12.8 Å². The number of benzene rings is 2. The molecular formula is C25H29N5O2S. The summed E-state index contributed by atoms with van der Waals surface area (Å²) in [5, 5.41) is 13.7. The van der Waals surface area contributed by atoms with E-state index in [4.69, 9.17) is 5.10 Å². The number of hydrogen-bond donors (Lipinski definition) is 1. The van der Waals surface area contributed by atoms with Crippen molar-refractivity contribution in [2.45, 2.75) is 25.8 Å². The number of aryl methyl sites for hydroxylation is 2. The molecule has 2 aliphatic rings. The molecule has 33 heavy (non-hydrogen) atoms. The first-order chi connectivity index (χ1) is 16.0. The largest absolute Gasteiger partial charge is 0.292 e. The molecule has 0 spiro atoms. The molecule has 0 amide bonds. The van der Waals surface area contributed by atoms with Gasteiger partial charge in [0.25, 0.3) is 0 Å². The van der Waals surface area contributed by atoms with Gasteiger partial charge in [0.2, 0.25) is 10.0 Å². The van der Waals surface area contributed by atoms with Gasteiger partial charge in [0.05, 0.1) is 24.2 Å². The maximum Gasteiger partial charge on any atom is 0.214 e. The molecule has 2 fully saturated rings. The van der Waals surface area contributed by atoms with E-state index in [1.54, 1.807) is 10.5 Å². The van der Waals surface area contributed by atoms with Crippen molar-refractivity contribution in [3.63, 3.8) is 0 Å². The van der Waals surface area contributed by atoms with Gasteiger partial charge in [-0.2, -0.15) is 14.5 Å². The molecule has 2 atom stereocenters. The van der Waals surface area contributed by atoms with Gasteiger partial charge in [0.1, 0.15) is 0 Å². The molecule has 0 aliphatic carbocycles. The number of hydrazone groups is 1. The molecule has 0 radical (unpaired) electrons. The van der Waals surface area contributed by atoms with Crippen molar-refractivity contribution in [3.8, 4) is 11.1 Å². The number of fused-ring (bicyclic) bond motifs is 1. The Morgan fingerprint density at radius 3 is 2.79 bits per heavy atom. The highest BCUT2D eigenvalue weighted by Crippen LogP contribution is 2.34. The highest BCUT2D eigenvalue weighted by Gasteiger charge is 2.44. The lowest BCUT2D eigenvalue weighted by Crippen LogP contribution is -2.63. The van der Waals surface area contributed by atoms with Gasteiger partial charge >= 0.3 is 0 Å². The highest BCUT2D eigenvalue weighted by molar-refractivity contribution is 7.89. The van der Waals surface area contributed by atoms with Gasteiger partial charge in [-0.05, 0) is 48.1 Å². The first-order valence-corrected chi connectivity index (χ1v) is 13.0. The Morgan fingerprint density at radius 2 is 2.00 bits per heavy atom. The van der Waals surface area contributed by atoms with Gasteiger partial charge in [-0.1, -0.05) is 42.5 Å². The lowest BCUT2D eigenvalue weighted by Gasteiger charge is -2.51. The van der Waals surface area contributed by atoms with Crippen LogP contribution < -0.4 is 0 Å². The maximum atomic E-state index is 13.0. The van der Waals surface area contributed by atoms with E-state index in [1.165, 1.54) is 0 Å². The molecule has 0 saturated carbocycles. The molecule has 2 aromatic carbocycles. The van der Waals surface area contributed by atoms with E-state index in [0.29, 0.717) is 25.4 Å². The molecule has 7 nitrogen and oxygen atoms in total. The van der Waals surface area contributed by atoms with Crippen LogP contribution in [-0.2, 0) is 16.4 Å². The number of aromatic nitrogens is 2. The van der Waals surface area contributed by atoms with E-state index in [1.807, 2.05) is 47.8 Å². The molecule has 1 N–H and O–H groups in total. The minimum absolute atomic E-state index is 0.150. The number of nitrogens with zero attached hydrogens (tertiary/aromatic N) is 4. The second-order valence-electron chi connectivity index (χ2n) is 8.95. The molecule has 8 heteroatoms. The van der Waals surface area contributed by atoms with Crippen LogP contribution in [0.5, 0.6) is 0 Å². The van der Waals surface area contributed by atoms with E-state index < -0.39 is 10.0 Å². The van der Waals surface area contributed by atoms with Crippen LogP contribution in [0.3, 0.4) is 0 Å². The van der Waals surface area contributed by atoms with Crippen molar-refractivity contribution in [3.05, 3.63) is 77.6 Å². The van der Waals surface area contributed by atoms with Gasteiger partial charge in [-0.25, -0.2) is 8.42 Å². The highest BCUT2D eigenvalue weighted by atomic mass is 32.2. The average Bonchev–Trinajstić information content (AvgIpc) is 3.35. The van der Waals surface area contributed by atoms with Gasteiger partial charge in [0, 0.05) is 37.3 Å². The number of nitrogens with one attached hydrogen (secondary N) is 1. The number of H-pyrrole nitrogens is 1. The zero-order valence-corrected chi connectivity index (χ0v) is 19.6. The number of aromatic amines is 1. The molecule has 0 bridgehead atoms. The van der Waals surface area contributed by atoms with Gasteiger partial charge in [-0.3, -0.25) is 10.1 Å². The van der Waals surface area contributed by atoms with Crippen molar-refractivity contribution < 1.29 is 8.42 Å². The Morgan fingerprint density at radius 1 is 1.15 bits per heavy atom. The summed E-state index contributed by atoms with van der Waals surface area (Å²) in [7, 11) is -3.29. The van der Waals surface area contributed by atoms with Crippen LogP contribution in [0.2, 0.25) is 0 Å². The SMILES string of the molecule is Cc1ccc(-c2cn[nH]c2)cc1/C=N\N1CC2CCN(S(=O)(=O)CCc3ccccc3)CC21. The molecule has 2 aliphatic heterocycles. The Labute approximate surface area is 195 Å². The Bertz CT molecular complexity index is 1220. The third-order valence-electron chi connectivity index (χ3n) is 6.83. The van der Waals surface area contributed by atoms with Crippen LogP contribution in [0.1, 0.15) is 23.1 Å².